The second-order valence-electron chi connectivity index (χ2n) is 5.89. The fourth-order valence-electron chi connectivity index (χ4n) is 2.53. The highest BCUT2D eigenvalue weighted by Crippen LogP contribution is 2.18. The SMILES string of the molecule is Cc1cc(-c2cccc(C(=O)NCCNc3ccncc3C)c2)n[nH]1. The lowest BCUT2D eigenvalue weighted by molar-refractivity contribution is 0.0955. The maximum atomic E-state index is 12.3. The molecule has 2 aromatic heterocycles. The fraction of sp³-hybridized carbons (Fsp3) is 0.211. The zero-order valence-corrected chi connectivity index (χ0v) is 14.3. The molecule has 3 rings (SSSR count). The van der Waals surface area contributed by atoms with Gasteiger partial charge in [-0.1, -0.05) is 12.1 Å². The fourth-order valence-corrected chi connectivity index (χ4v) is 2.53. The maximum Gasteiger partial charge on any atom is 0.251 e. The van der Waals surface area contributed by atoms with Crippen LogP contribution in [0.25, 0.3) is 11.3 Å². The minimum absolute atomic E-state index is 0.0950. The number of hydrogen-bond donors (Lipinski definition) is 3. The number of hydrogen-bond acceptors (Lipinski definition) is 4. The molecule has 3 aromatic rings. The molecule has 6 heteroatoms. The summed E-state index contributed by atoms with van der Waals surface area (Å²) >= 11 is 0. The van der Waals surface area contributed by atoms with Crippen molar-refractivity contribution in [3.05, 3.63) is 65.6 Å². The van der Waals surface area contributed by atoms with Crippen molar-refractivity contribution in [1.82, 2.24) is 20.5 Å². The number of amides is 1. The van der Waals surface area contributed by atoms with Crippen LogP contribution in [0.1, 0.15) is 21.6 Å². The van der Waals surface area contributed by atoms with Crippen molar-refractivity contribution in [3.8, 4) is 11.3 Å². The van der Waals surface area contributed by atoms with Gasteiger partial charge in [-0.15, -0.1) is 0 Å². The van der Waals surface area contributed by atoms with Crippen molar-refractivity contribution < 1.29 is 4.79 Å². The number of carbonyl (C=O) groups is 1. The standard InChI is InChI=1S/C19H21N5O/c1-13-12-20-7-6-17(13)21-8-9-22-19(25)16-5-3-4-15(11-16)18-10-14(2)23-24-18/h3-7,10-12H,8-9H2,1-2H3,(H,20,21)(H,22,25)(H,23,24). The second-order valence-corrected chi connectivity index (χ2v) is 5.89. The highest BCUT2D eigenvalue weighted by molar-refractivity contribution is 5.95. The summed E-state index contributed by atoms with van der Waals surface area (Å²) in [4.78, 5) is 16.4. The lowest BCUT2D eigenvalue weighted by atomic mass is 10.1. The van der Waals surface area contributed by atoms with Crippen molar-refractivity contribution in [1.29, 1.82) is 0 Å². The normalized spacial score (nSPS) is 10.5. The molecule has 0 radical (unpaired) electrons. The molecule has 0 aliphatic carbocycles. The van der Waals surface area contributed by atoms with Crippen LogP contribution in [0.5, 0.6) is 0 Å². The summed E-state index contributed by atoms with van der Waals surface area (Å²) in [5, 5.41) is 13.4. The van der Waals surface area contributed by atoms with E-state index in [1.807, 2.05) is 50.4 Å². The molecular weight excluding hydrogens is 314 g/mol. The predicted octanol–water partition coefficient (Wildman–Crippen LogP) is 2.93. The molecular formula is C19H21N5O. The van der Waals surface area contributed by atoms with E-state index in [9.17, 15) is 4.79 Å². The summed E-state index contributed by atoms with van der Waals surface area (Å²) in [5.41, 5.74) is 5.47. The Kier molecular flexibility index (Phi) is 5.09. The van der Waals surface area contributed by atoms with Crippen molar-refractivity contribution in [3.63, 3.8) is 0 Å². The largest absolute Gasteiger partial charge is 0.383 e. The predicted molar refractivity (Wildman–Crippen MR) is 98.6 cm³/mol. The van der Waals surface area contributed by atoms with E-state index in [1.54, 1.807) is 12.3 Å². The molecule has 1 amide bonds. The van der Waals surface area contributed by atoms with E-state index in [1.165, 1.54) is 0 Å². The Morgan fingerprint density at radius 2 is 2.04 bits per heavy atom. The average Bonchev–Trinajstić information content (AvgIpc) is 3.06. The number of H-pyrrole nitrogens is 1. The number of benzene rings is 1. The Morgan fingerprint density at radius 1 is 1.16 bits per heavy atom. The summed E-state index contributed by atoms with van der Waals surface area (Å²) in [6.45, 7) is 5.13. The Balaban J connectivity index is 1.56. The number of pyridine rings is 1. The Labute approximate surface area is 146 Å². The van der Waals surface area contributed by atoms with Crippen LogP contribution in [0.15, 0.2) is 48.8 Å². The molecule has 0 saturated carbocycles. The van der Waals surface area contributed by atoms with Crippen LogP contribution in [0.4, 0.5) is 5.69 Å². The van der Waals surface area contributed by atoms with E-state index < -0.39 is 0 Å². The maximum absolute atomic E-state index is 12.3. The summed E-state index contributed by atoms with van der Waals surface area (Å²) in [5.74, 6) is -0.0950. The van der Waals surface area contributed by atoms with E-state index in [2.05, 4.69) is 25.8 Å². The third-order valence-corrected chi connectivity index (χ3v) is 3.87. The van der Waals surface area contributed by atoms with Crippen molar-refractivity contribution >= 4 is 11.6 Å². The van der Waals surface area contributed by atoms with Crippen LogP contribution in [-0.2, 0) is 0 Å². The number of carbonyl (C=O) groups excluding carboxylic acids is 1. The number of aromatic amines is 1. The van der Waals surface area contributed by atoms with Gasteiger partial charge in [0.2, 0.25) is 0 Å². The molecule has 128 valence electrons. The van der Waals surface area contributed by atoms with Gasteiger partial charge in [0, 0.05) is 48.0 Å². The van der Waals surface area contributed by atoms with Crippen molar-refractivity contribution in [2.75, 3.05) is 18.4 Å². The van der Waals surface area contributed by atoms with Gasteiger partial charge in [0.1, 0.15) is 0 Å². The lowest BCUT2D eigenvalue weighted by Crippen LogP contribution is -2.28. The highest BCUT2D eigenvalue weighted by Gasteiger charge is 2.08. The molecule has 0 aliphatic heterocycles. The first-order chi connectivity index (χ1) is 12.1. The smallest absolute Gasteiger partial charge is 0.251 e. The van der Waals surface area contributed by atoms with Gasteiger partial charge >= 0.3 is 0 Å². The molecule has 0 spiro atoms. The van der Waals surface area contributed by atoms with Gasteiger partial charge in [-0.2, -0.15) is 5.10 Å². The monoisotopic (exact) mass is 335 g/mol. The van der Waals surface area contributed by atoms with Crippen LogP contribution < -0.4 is 10.6 Å². The zero-order valence-electron chi connectivity index (χ0n) is 14.3. The molecule has 0 saturated heterocycles. The summed E-state index contributed by atoms with van der Waals surface area (Å²) in [6, 6.07) is 11.3. The van der Waals surface area contributed by atoms with Gasteiger partial charge in [-0.3, -0.25) is 14.9 Å². The van der Waals surface area contributed by atoms with E-state index >= 15 is 0 Å². The molecule has 25 heavy (non-hydrogen) atoms. The summed E-state index contributed by atoms with van der Waals surface area (Å²) in [7, 11) is 0. The molecule has 6 nitrogen and oxygen atoms in total. The molecule has 0 atom stereocenters. The first-order valence-corrected chi connectivity index (χ1v) is 8.18. The first-order valence-electron chi connectivity index (χ1n) is 8.18. The molecule has 3 N–H and O–H groups in total. The van der Waals surface area contributed by atoms with Gasteiger partial charge in [0.25, 0.3) is 5.91 Å². The summed E-state index contributed by atoms with van der Waals surface area (Å²) < 4.78 is 0. The van der Waals surface area contributed by atoms with Crippen LogP contribution in [0.3, 0.4) is 0 Å². The van der Waals surface area contributed by atoms with E-state index in [0.29, 0.717) is 18.7 Å². The van der Waals surface area contributed by atoms with E-state index in [0.717, 1.165) is 28.2 Å². The molecule has 0 aliphatic rings. The topological polar surface area (TPSA) is 82.7 Å². The van der Waals surface area contributed by atoms with Gasteiger partial charge in [-0.25, -0.2) is 0 Å². The van der Waals surface area contributed by atoms with Crippen LogP contribution in [0.2, 0.25) is 0 Å². The lowest BCUT2D eigenvalue weighted by Gasteiger charge is -2.10. The Bertz CT molecular complexity index is 872. The number of nitrogens with zero attached hydrogens (tertiary/aromatic N) is 2. The molecule has 2 heterocycles. The van der Waals surface area contributed by atoms with Crippen LogP contribution in [-0.4, -0.2) is 34.2 Å². The van der Waals surface area contributed by atoms with E-state index in [-0.39, 0.29) is 5.91 Å². The number of aryl methyl sites for hydroxylation is 2. The Morgan fingerprint density at radius 3 is 2.80 bits per heavy atom. The van der Waals surface area contributed by atoms with Gasteiger partial charge in [0.05, 0.1) is 5.69 Å². The van der Waals surface area contributed by atoms with E-state index in [4.69, 9.17) is 0 Å². The number of aromatic nitrogens is 3. The first kappa shape index (κ1) is 16.7. The van der Waals surface area contributed by atoms with Gasteiger partial charge in [0.15, 0.2) is 0 Å². The zero-order chi connectivity index (χ0) is 17.6. The third-order valence-electron chi connectivity index (χ3n) is 3.87. The molecule has 1 aromatic carbocycles. The molecule has 0 fully saturated rings. The molecule has 0 unspecified atom stereocenters. The highest BCUT2D eigenvalue weighted by atomic mass is 16.1. The van der Waals surface area contributed by atoms with Gasteiger partial charge in [-0.05, 0) is 43.7 Å². The third kappa shape index (κ3) is 4.23. The molecule has 0 bridgehead atoms. The van der Waals surface area contributed by atoms with Crippen LogP contribution in [0, 0.1) is 13.8 Å². The van der Waals surface area contributed by atoms with Gasteiger partial charge < -0.3 is 10.6 Å². The second kappa shape index (κ2) is 7.61. The van der Waals surface area contributed by atoms with Crippen LogP contribution >= 0.6 is 0 Å². The Hall–Kier alpha value is -3.15. The quantitative estimate of drug-likeness (QED) is 0.605. The average molecular weight is 335 g/mol. The summed E-state index contributed by atoms with van der Waals surface area (Å²) in [6.07, 6.45) is 3.55. The van der Waals surface area contributed by atoms with Crippen molar-refractivity contribution in [2.45, 2.75) is 13.8 Å². The minimum atomic E-state index is -0.0950. The number of anilines is 1. The minimum Gasteiger partial charge on any atom is -0.383 e. The number of rotatable bonds is 6. The number of nitrogens with one attached hydrogen (secondary N) is 3. The van der Waals surface area contributed by atoms with Crippen molar-refractivity contribution in [2.24, 2.45) is 0 Å².